The first-order chi connectivity index (χ1) is 8.94. The lowest BCUT2D eigenvalue weighted by Gasteiger charge is -2.24. The van der Waals surface area contributed by atoms with E-state index in [1.807, 2.05) is 5.32 Å². The average Bonchev–Trinajstić information content (AvgIpc) is 2.19. The summed E-state index contributed by atoms with van der Waals surface area (Å²) in [5.41, 5.74) is -0.896. The zero-order valence-electron chi connectivity index (χ0n) is 11.5. The van der Waals surface area contributed by atoms with Crippen LogP contribution in [0.15, 0.2) is 0 Å². The molecule has 0 rings (SSSR count). The third-order valence-corrected chi connectivity index (χ3v) is 1.78. The molecule has 0 aromatic heterocycles. The van der Waals surface area contributed by atoms with Gasteiger partial charge in [-0.05, 0) is 20.8 Å². The molecule has 0 aromatic carbocycles. The maximum atomic E-state index is 11.5. The number of amides is 1. The number of carbonyl (C=O) groups excluding carboxylic acids is 2. The minimum Gasteiger partial charge on any atom is -0.480 e. The molecule has 114 valence electrons. The molecule has 0 aliphatic carbocycles. The van der Waals surface area contributed by atoms with E-state index in [9.17, 15) is 19.2 Å². The molecular weight excluding hydrogens is 274 g/mol. The second kappa shape index (κ2) is 6.73. The summed E-state index contributed by atoms with van der Waals surface area (Å²) >= 11 is 0. The van der Waals surface area contributed by atoms with Crippen LogP contribution in [0.2, 0.25) is 0 Å². The van der Waals surface area contributed by atoms with Crippen LogP contribution in [0.25, 0.3) is 0 Å². The van der Waals surface area contributed by atoms with E-state index in [1.54, 1.807) is 20.8 Å². The van der Waals surface area contributed by atoms with Crippen molar-refractivity contribution >= 4 is 24.0 Å². The Morgan fingerprint density at radius 1 is 1.05 bits per heavy atom. The first-order valence-corrected chi connectivity index (χ1v) is 5.56. The second-order valence-electron chi connectivity index (χ2n) is 4.83. The molecule has 0 bridgehead atoms. The second-order valence-corrected chi connectivity index (χ2v) is 4.83. The van der Waals surface area contributed by atoms with Crippen LogP contribution in [0.3, 0.4) is 0 Å². The third-order valence-electron chi connectivity index (χ3n) is 1.78. The summed E-state index contributed by atoms with van der Waals surface area (Å²) in [5.74, 6) is -4.37. The van der Waals surface area contributed by atoms with Gasteiger partial charge in [-0.1, -0.05) is 0 Å². The average molecular weight is 291 g/mol. The number of nitrogens with one attached hydrogen (secondary N) is 1. The Bertz CT molecular complexity index is 411. The Kier molecular flexibility index (Phi) is 5.95. The van der Waals surface area contributed by atoms with Gasteiger partial charge in [-0.25, -0.2) is 14.4 Å². The SMILES string of the molecule is CC(=O)OC(C(=O)O)C(NC(=O)OC(C)(C)C)C(=O)O. The van der Waals surface area contributed by atoms with E-state index in [0.717, 1.165) is 6.92 Å². The number of carboxylic acid groups (broad SMARTS) is 2. The number of hydrogen-bond acceptors (Lipinski definition) is 6. The number of hydrogen-bond donors (Lipinski definition) is 3. The summed E-state index contributed by atoms with van der Waals surface area (Å²) in [6.45, 7) is 5.55. The minimum absolute atomic E-state index is 0.896. The van der Waals surface area contributed by atoms with E-state index in [2.05, 4.69) is 4.74 Å². The van der Waals surface area contributed by atoms with Crippen molar-refractivity contribution in [1.82, 2.24) is 5.32 Å². The predicted molar refractivity (Wildman–Crippen MR) is 64.0 cm³/mol. The van der Waals surface area contributed by atoms with Gasteiger partial charge in [0.05, 0.1) is 0 Å². The summed E-state index contributed by atoms with van der Waals surface area (Å²) in [6.07, 6.45) is -3.19. The lowest BCUT2D eigenvalue weighted by Crippen LogP contribution is -2.54. The molecule has 0 radical (unpaired) electrons. The van der Waals surface area contributed by atoms with E-state index in [1.165, 1.54) is 0 Å². The number of aliphatic carboxylic acids is 2. The molecule has 0 aliphatic rings. The fourth-order valence-corrected chi connectivity index (χ4v) is 1.14. The standard InChI is InChI=1S/C11H17NO8/c1-5(13)19-7(9(16)17)6(8(14)15)12-10(18)20-11(2,3)4/h6-7H,1-4H3,(H,12,18)(H,14,15)(H,16,17). The van der Waals surface area contributed by atoms with Crippen molar-refractivity contribution in [3.05, 3.63) is 0 Å². The van der Waals surface area contributed by atoms with Crippen LogP contribution in [-0.4, -0.2) is 52.0 Å². The smallest absolute Gasteiger partial charge is 0.408 e. The largest absolute Gasteiger partial charge is 0.480 e. The topological polar surface area (TPSA) is 139 Å². The molecule has 0 aliphatic heterocycles. The Labute approximate surface area is 114 Å². The highest BCUT2D eigenvalue weighted by molar-refractivity contribution is 5.89. The normalized spacial score (nSPS) is 13.8. The number of carboxylic acids is 2. The van der Waals surface area contributed by atoms with Gasteiger partial charge in [0.25, 0.3) is 0 Å². The van der Waals surface area contributed by atoms with E-state index in [4.69, 9.17) is 14.9 Å². The third kappa shape index (κ3) is 6.57. The molecular formula is C11H17NO8. The summed E-state index contributed by atoms with van der Waals surface area (Å²) < 4.78 is 9.18. The Balaban J connectivity index is 5.03. The van der Waals surface area contributed by atoms with Crippen LogP contribution in [0.5, 0.6) is 0 Å². The molecule has 0 spiro atoms. The molecule has 0 fully saturated rings. The number of alkyl carbamates (subject to hydrolysis) is 1. The highest BCUT2D eigenvalue weighted by Gasteiger charge is 2.38. The molecule has 0 aromatic rings. The van der Waals surface area contributed by atoms with Crippen molar-refractivity contribution in [3.63, 3.8) is 0 Å². The number of esters is 1. The molecule has 9 heteroatoms. The fourth-order valence-electron chi connectivity index (χ4n) is 1.14. The quantitative estimate of drug-likeness (QED) is 0.600. The maximum absolute atomic E-state index is 11.5. The van der Waals surface area contributed by atoms with E-state index in [-0.39, 0.29) is 0 Å². The van der Waals surface area contributed by atoms with Gasteiger partial charge in [-0.15, -0.1) is 0 Å². The van der Waals surface area contributed by atoms with Crippen molar-refractivity contribution in [1.29, 1.82) is 0 Å². The molecule has 0 saturated heterocycles. The first kappa shape index (κ1) is 17.7. The van der Waals surface area contributed by atoms with Crippen molar-refractivity contribution in [2.75, 3.05) is 0 Å². The number of carbonyl (C=O) groups is 4. The molecule has 0 heterocycles. The van der Waals surface area contributed by atoms with Crippen LogP contribution in [-0.2, 0) is 23.9 Å². The van der Waals surface area contributed by atoms with Gasteiger partial charge in [0.15, 0.2) is 6.04 Å². The van der Waals surface area contributed by atoms with E-state index in [0.29, 0.717) is 0 Å². The van der Waals surface area contributed by atoms with Crippen LogP contribution in [0.4, 0.5) is 4.79 Å². The molecule has 2 atom stereocenters. The summed E-state index contributed by atoms with van der Waals surface area (Å²) in [4.78, 5) is 44.2. The van der Waals surface area contributed by atoms with Crippen molar-refractivity contribution in [2.24, 2.45) is 0 Å². The Hall–Kier alpha value is -2.32. The van der Waals surface area contributed by atoms with Gasteiger partial charge in [0, 0.05) is 6.92 Å². The lowest BCUT2D eigenvalue weighted by molar-refractivity contribution is -0.168. The number of ether oxygens (including phenoxy) is 2. The fraction of sp³-hybridized carbons (Fsp3) is 0.636. The summed E-state index contributed by atoms with van der Waals surface area (Å²) in [5, 5.41) is 19.6. The number of rotatable bonds is 5. The molecule has 9 nitrogen and oxygen atoms in total. The van der Waals surface area contributed by atoms with E-state index < -0.39 is 41.7 Å². The van der Waals surface area contributed by atoms with Gasteiger partial charge >= 0.3 is 24.0 Å². The van der Waals surface area contributed by atoms with Gasteiger partial charge < -0.3 is 25.0 Å². The highest BCUT2D eigenvalue weighted by Crippen LogP contribution is 2.08. The van der Waals surface area contributed by atoms with Gasteiger partial charge in [-0.3, -0.25) is 4.79 Å². The van der Waals surface area contributed by atoms with Gasteiger partial charge in [-0.2, -0.15) is 0 Å². The highest BCUT2D eigenvalue weighted by atomic mass is 16.6. The van der Waals surface area contributed by atoms with Crippen LogP contribution < -0.4 is 5.32 Å². The van der Waals surface area contributed by atoms with E-state index >= 15 is 0 Å². The van der Waals surface area contributed by atoms with Crippen molar-refractivity contribution in [2.45, 2.75) is 45.4 Å². The summed E-state index contributed by atoms with van der Waals surface area (Å²) in [7, 11) is 0. The summed E-state index contributed by atoms with van der Waals surface area (Å²) in [6, 6.07) is -1.97. The monoisotopic (exact) mass is 291 g/mol. The Morgan fingerprint density at radius 3 is 1.85 bits per heavy atom. The predicted octanol–water partition coefficient (Wildman–Crippen LogP) is -0.0194. The first-order valence-electron chi connectivity index (χ1n) is 5.56. The molecule has 3 N–H and O–H groups in total. The Morgan fingerprint density at radius 2 is 1.55 bits per heavy atom. The zero-order valence-corrected chi connectivity index (χ0v) is 11.5. The van der Waals surface area contributed by atoms with Crippen LogP contribution >= 0.6 is 0 Å². The zero-order chi connectivity index (χ0) is 16.1. The van der Waals surface area contributed by atoms with Gasteiger partial charge in [0.2, 0.25) is 6.10 Å². The van der Waals surface area contributed by atoms with Crippen molar-refractivity contribution in [3.8, 4) is 0 Å². The maximum Gasteiger partial charge on any atom is 0.408 e. The molecule has 1 amide bonds. The van der Waals surface area contributed by atoms with Crippen LogP contribution in [0.1, 0.15) is 27.7 Å². The molecule has 0 saturated carbocycles. The van der Waals surface area contributed by atoms with Gasteiger partial charge in [0.1, 0.15) is 5.60 Å². The molecule has 20 heavy (non-hydrogen) atoms. The lowest BCUT2D eigenvalue weighted by atomic mass is 10.1. The molecule has 2 unspecified atom stereocenters. The van der Waals surface area contributed by atoms with Crippen LogP contribution in [0, 0.1) is 0 Å². The van der Waals surface area contributed by atoms with Crippen molar-refractivity contribution < 1.29 is 38.9 Å². The minimum atomic E-state index is -2.06.